The second-order valence-corrected chi connectivity index (χ2v) is 3.68. The van der Waals surface area contributed by atoms with E-state index >= 15 is 0 Å². The van der Waals surface area contributed by atoms with Crippen LogP contribution >= 0.6 is 0 Å². The first-order chi connectivity index (χ1) is 3.98. The van der Waals surface area contributed by atoms with E-state index < -0.39 is 0 Å². The van der Waals surface area contributed by atoms with Crippen molar-refractivity contribution in [2.45, 2.75) is 40.5 Å². The van der Waals surface area contributed by atoms with E-state index in [1.165, 1.54) is 12.8 Å². The highest BCUT2D eigenvalue weighted by Crippen LogP contribution is 2.28. The number of rotatable bonds is 3. The highest BCUT2D eigenvalue weighted by molar-refractivity contribution is 4.76. The highest BCUT2D eigenvalue weighted by Gasteiger charge is 2.18. The Morgan fingerprint density at radius 2 is 1.89 bits per heavy atom. The quantitative estimate of drug-likeness (QED) is 0.545. The molecule has 0 heteroatoms. The van der Waals surface area contributed by atoms with Gasteiger partial charge in [-0.2, -0.15) is 0 Å². The molecular weight excluding hydrogens is 108 g/mol. The first-order valence-corrected chi connectivity index (χ1v) is 3.83. The molecule has 0 heterocycles. The normalized spacial score (nSPS) is 15.7. The summed E-state index contributed by atoms with van der Waals surface area (Å²) in [5, 5.41) is 0. The van der Waals surface area contributed by atoms with Crippen LogP contribution in [0.15, 0.2) is 0 Å². The summed E-state index contributed by atoms with van der Waals surface area (Å²) >= 11 is 0. The highest BCUT2D eigenvalue weighted by atomic mass is 14.2. The van der Waals surface area contributed by atoms with Crippen LogP contribution in [0, 0.1) is 18.3 Å². The minimum atomic E-state index is 0.260. The van der Waals surface area contributed by atoms with E-state index in [1.807, 2.05) is 0 Å². The fraction of sp³-hybridized carbons (Fsp3) is 0.889. The molecule has 0 aromatic carbocycles. The van der Waals surface area contributed by atoms with Gasteiger partial charge in [-0.1, -0.05) is 40.5 Å². The monoisotopic (exact) mass is 127 g/mol. The molecule has 0 aromatic rings. The molecule has 1 unspecified atom stereocenters. The second kappa shape index (κ2) is 3.24. The summed E-state index contributed by atoms with van der Waals surface area (Å²) in [6.45, 7) is 13.0. The lowest BCUT2D eigenvalue weighted by molar-refractivity contribution is 0.284. The van der Waals surface area contributed by atoms with Crippen molar-refractivity contribution in [3.05, 3.63) is 6.92 Å². The van der Waals surface area contributed by atoms with Crippen molar-refractivity contribution in [1.82, 2.24) is 0 Å². The van der Waals surface area contributed by atoms with Crippen LogP contribution in [0.25, 0.3) is 0 Å². The van der Waals surface area contributed by atoms with E-state index in [9.17, 15) is 0 Å². The van der Waals surface area contributed by atoms with E-state index in [0.717, 1.165) is 5.92 Å². The average Bonchev–Trinajstić information content (AvgIpc) is 1.64. The van der Waals surface area contributed by atoms with Crippen molar-refractivity contribution in [3.8, 4) is 0 Å². The maximum Gasteiger partial charge on any atom is -0.0328 e. The maximum atomic E-state index is 4.09. The topological polar surface area (TPSA) is 0 Å². The van der Waals surface area contributed by atoms with Crippen LogP contribution in [0.5, 0.6) is 0 Å². The summed E-state index contributed by atoms with van der Waals surface area (Å²) in [6, 6.07) is 0. The summed E-state index contributed by atoms with van der Waals surface area (Å²) in [6.07, 6.45) is 2.58. The van der Waals surface area contributed by atoms with Gasteiger partial charge in [0, 0.05) is 0 Å². The van der Waals surface area contributed by atoms with Crippen molar-refractivity contribution in [3.63, 3.8) is 0 Å². The molecule has 0 nitrogen and oxygen atoms in total. The van der Waals surface area contributed by atoms with Gasteiger partial charge in [-0.25, -0.2) is 0 Å². The van der Waals surface area contributed by atoms with Gasteiger partial charge in [0.1, 0.15) is 0 Å². The summed E-state index contributed by atoms with van der Waals surface area (Å²) in [5.41, 5.74) is 0.260. The molecule has 0 N–H and O–H groups in total. The fourth-order valence-corrected chi connectivity index (χ4v) is 0.824. The Balaban J connectivity index is 3.59. The zero-order chi connectivity index (χ0) is 7.49. The summed E-state index contributed by atoms with van der Waals surface area (Å²) in [7, 11) is 0. The van der Waals surface area contributed by atoms with Crippen LogP contribution in [-0.4, -0.2) is 0 Å². The Morgan fingerprint density at radius 1 is 1.44 bits per heavy atom. The van der Waals surface area contributed by atoms with Crippen LogP contribution in [0.3, 0.4) is 0 Å². The van der Waals surface area contributed by atoms with Gasteiger partial charge in [-0.3, -0.25) is 0 Å². The third-order valence-corrected chi connectivity index (χ3v) is 2.06. The number of hydrogen-bond donors (Lipinski definition) is 0. The van der Waals surface area contributed by atoms with E-state index in [1.54, 1.807) is 0 Å². The van der Waals surface area contributed by atoms with Crippen LogP contribution in [-0.2, 0) is 0 Å². The molecule has 0 bridgehead atoms. The lowest BCUT2D eigenvalue weighted by Gasteiger charge is -2.26. The fourth-order valence-electron chi connectivity index (χ4n) is 0.824. The van der Waals surface area contributed by atoms with Crippen molar-refractivity contribution >= 4 is 0 Å². The zero-order valence-electron chi connectivity index (χ0n) is 7.20. The molecule has 0 fully saturated rings. The van der Waals surface area contributed by atoms with Gasteiger partial charge < -0.3 is 0 Å². The standard InChI is InChI=1S/C9H19/c1-6-7-8(2)9(3,4)5/h8H,3,6-7H2,1-2,4-5H3. The average molecular weight is 127 g/mol. The largest absolute Gasteiger partial charge is 0.0654 e. The van der Waals surface area contributed by atoms with Crippen molar-refractivity contribution in [2.24, 2.45) is 11.3 Å². The van der Waals surface area contributed by atoms with E-state index in [0.29, 0.717) is 0 Å². The predicted molar refractivity (Wildman–Crippen MR) is 43.2 cm³/mol. The molecule has 0 rings (SSSR count). The molecule has 0 aromatic heterocycles. The molecule has 0 aliphatic carbocycles. The number of hydrogen-bond acceptors (Lipinski definition) is 0. The lowest BCUT2D eigenvalue weighted by atomic mass is 9.80. The van der Waals surface area contributed by atoms with E-state index in [2.05, 4.69) is 34.6 Å². The Labute approximate surface area is 59.7 Å². The first-order valence-electron chi connectivity index (χ1n) is 3.83. The third-order valence-electron chi connectivity index (χ3n) is 2.06. The van der Waals surface area contributed by atoms with E-state index in [4.69, 9.17) is 0 Å². The lowest BCUT2D eigenvalue weighted by Crippen LogP contribution is -2.16. The van der Waals surface area contributed by atoms with Crippen molar-refractivity contribution in [2.75, 3.05) is 0 Å². The minimum Gasteiger partial charge on any atom is -0.0654 e. The molecule has 0 aliphatic heterocycles. The van der Waals surface area contributed by atoms with Gasteiger partial charge in [-0.05, 0) is 18.3 Å². The zero-order valence-corrected chi connectivity index (χ0v) is 7.20. The predicted octanol–water partition coefficient (Wildman–Crippen LogP) is 3.28. The molecule has 0 amide bonds. The van der Waals surface area contributed by atoms with Crippen LogP contribution in [0.4, 0.5) is 0 Å². The van der Waals surface area contributed by atoms with Crippen LogP contribution < -0.4 is 0 Å². The Kier molecular flexibility index (Phi) is 3.24. The first kappa shape index (κ1) is 9.00. The molecule has 9 heavy (non-hydrogen) atoms. The maximum absolute atomic E-state index is 4.09. The van der Waals surface area contributed by atoms with Gasteiger partial charge in [0.15, 0.2) is 0 Å². The van der Waals surface area contributed by atoms with Crippen molar-refractivity contribution in [1.29, 1.82) is 0 Å². The Bertz CT molecular complexity index is 66.6. The Morgan fingerprint density at radius 3 is 2.00 bits per heavy atom. The molecule has 55 valence electrons. The molecular formula is C9H19. The van der Waals surface area contributed by atoms with Crippen LogP contribution in [0.1, 0.15) is 40.5 Å². The van der Waals surface area contributed by atoms with Gasteiger partial charge >= 0.3 is 0 Å². The SMILES string of the molecule is [CH2]C(C)(C)C(C)CCC. The minimum absolute atomic E-state index is 0.260. The second-order valence-electron chi connectivity index (χ2n) is 3.68. The molecule has 0 aliphatic rings. The molecule has 0 saturated heterocycles. The van der Waals surface area contributed by atoms with Gasteiger partial charge in [0.25, 0.3) is 0 Å². The summed E-state index contributed by atoms with van der Waals surface area (Å²) in [4.78, 5) is 0. The third kappa shape index (κ3) is 3.56. The van der Waals surface area contributed by atoms with Crippen LogP contribution in [0.2, 0.25) is 0 Å². The Hall–Kier alpha value is 0. The molecule has 1 radical (unpaired) electrons. The summed E-state index contributed by atoms with van der Waals surface area (Å²) < 4.78 is 0. The van der Waals surface area contributed by atoms with Crippen molar-refractivity contribution < 1.29 is 0 Å². The van der Waals surface area contributed by atoms with E-state index in [-0.39, 0.29) is 5.41 Å². The smallest absolute Gasteiger partial charge is 0.0328 e. The van der Waals surface area contributed by atoms with Gasteiger partial charge in [0.2, 0.25) is 0 Å². The summed E-state index contributed by atoms with van der Waals surface area (Å²) in [5.74, 6) is 0.752. The molecule has 0 spiro atoms. The van der Waals surface area contributed by atoms with Gasteiger partial charge in [0.05, 0.1) is 0 Å². The van der Waals surface area contributed by atoms with Gasteiger partial charge in [-0.15, -0.1) is 0 Å². The molecule has 1 atom stereocenters. The molecule has 0 saturated carbocycles.